The second-order valence-electron chi connectivity index (χ2n) is 2.85. The van der Waals surface area contributed by atoms with Crippen molar-refractivity contribution in [3.63, 3.8) is 0 Å². The number of nitrogens with two attached hydrogens (primary N) is 1. The Balaban J connectivity index is 3.12. The van der Waals surface area contributed by atoms with Crippen molar-refractivity contribution < 1.29 is 14.3 Å². The molecule has 4 nitrogen and oxygen atoms in total. The van der Waals surface area contributed by atoms with Crippen molar-refractivity contribution in [1.29, 1.82) is 0 Å². The molecule has 0 bridgehead atoms. The minimum Gasteiger partial charge on any atom is -0.480 e. The first-order valence-corrected chi connectivity index (χ1v) is 5.13. The SMILES string of the molecule is C#CCOc1cc(C(=O)OC)c(N)cc1Br. The van der Waals surface area contributed by atoms with Gasteiger partial charge >= 0.3 is 5.97 Å². The van der Waals surface area contributed by atoms with Crippen LogP contribution in [0.15, 0.2) is 16.6 Å². The van der Waals surface area contributed by atoms with Gasteiger partial charge in [0.25, 0.3) is 0 Å². The maximum absolute atomic E-state index is 11.4. The molecular formula is C11H10BrNO3. The number of rotatable bonds is 3. The van der Waals surface area contributed by atoms with Crippen LogP contribution < -0.4 is 10.5 Å². The van der Waals surface area contributed by atoms with E-state index in [2.05, 4.69) is 26.6 Å². The lowest BCUT2D eigenvalue weighted by atomic mass is 10.2. The van der Waals surface area contributed by atoms with E-state index in [4.69, 9.17) is 16.9 Å². The molecule has 0 saturated carbocycles. The quantitative estimate of drug-likeness (QED) is 0.522. The van der Waals surface area contributed by atoms with Crippen LogP contribution in [0.2, 0.25) is 0 Å². The molecule has 1 rings (SSSR count). The van der Waals surface area contributed by atoms with Crippen LogP contribution in [0.5, 0.6) is 5.75 Å². The normalized spacial score (nSPS) is 9.31. The number of halogens is 1. The third-order valence-corrected chi connectivity index (χ3v) is 2.44. The Kier molecular flexibility index (Phi) is 4.20. The van der Waals surface area contributed by atoms with Gasteiger partial charge < -0.3 is 15.2 Å². The third kappa shape index (κ3) is 2.67. The third-order valence-electron chi connectivity index (χ3n) is 1.82. The van der Waals surface area contributed by atoms with Crippen molar-refractivity contribution in [2.45, 2.75) is 0 Å². The van der Waals surface area contributed by atoms with E-state index in [1.165, 1.54) is 13.2 Å². The highest BCUT2D eigenvalue weighted by Crippen LogP contribution is 2.30. The van der Waals surface area contributed by atoms with E-state index in [1.54, 1.807) is 6.07 Å². The van der Waals surface area contributed by atoms with Gasteiger partial charge in [0.1, 0.15) is 12.4 Å². The van der Waals surface area contributed by atoms with Crippen LogP contribution in [0, 0.1) is 12.3 Å². The Morgan fingerprint density at radius 3 is 2.88 bits per heavy atom. The van der Waals surface area contributed by atoms with Gasteiger partial charge in [-0.3, -0.25) is 0 Å². The summed E-state index contributed by atoms with van der Waals surface area (Å²) in [5.41, 5.74) is 6.23. The molecule has 5 heteroatoms. The van der Waals surface area contributed by atoms with E-state index in [-0.39, 0.29) is 12.2 Å². The second-order valence-corrected chi connectivity index (χ2v) is 3.71. The van der Waals surface area contributed by atoms with Crippen LogP contribution in [-0.4, -0.2) is 19.7 Å². The van der Waals surface area contributed by atoms with E-state index in [0.717, 1.165) is 0 Å². The van der Waals surface area contributed by atoms with Crippen LogP contribution in [-0.2, 0) is 4.74 Å². The molecule has 0 unspecified atom stereocenters. The fraction of sp³-hybridized carbons (Fsp3) is 0.182. The number of terminal acetylenes is 1. The number of hydrogen-bond acceptors (Lipinski definition) is 4. The molecule has 0 radical (unpaired) electrons. The van der Waals surface area contributed by atoms with E-state index in [1.807, 2.05) is 0 Å². The maximum atomic E-state index is 11.4. The molecule has 84 valence electrons. The van der Waals surface area contributed by atoms with Crippen molar-refractivity contribution in [1.82, 2.24) is 0 Å². The molecule has 0 heterocycles. The number of methoxy groups -OCH3 is 1. The summed E-state index contributed by atoms with van der Waals surface area (Å²) in [4.78, 5) is 11.4. The van der Waals surface area contributed by atoms with Crippen LogP contribution in [0.25, 0.3) is 0 Å². The Morgan fingerprint density at radius 2 is 2.31 bits per heavy atom. The zero-order valence-electron chi connectivity index (χ0n) is 8.62. The standard InChI is InChI=1S/C11H10BrNO3/c1-3-4-16-10-5-7(11(14)15-2)9(13)6-8(10)12/h1,5-6H,4,13H2,2H3. The van der Waals surface area contributed by atoms with Gasteiger partial charge in [-0.1, -0.05) is 5.92 Å². The lowest BCUT2D eigenvalue weighted by Gasteiger charge is -2.09. The highest BCUT2D eigenvalue weighted by Gasteiger charge is 2.14. The van der Waals surface area contributed by atoms with E-state index in [0.29, 0.717) is 15.9 Å². The van der Waals surface area contributed by atoms with Gasteiger partial charge in [-0.2, -0.15) is 0 Å². The summed E-state index contributed by atoms with van der Waals surface area (Å²) in [6, 6.07) is 3.06. The van der Waals surface area contributed by atoms with Crippen molar-refractivity contribution in [3.8, 4) is 18.1 Å². The lowest BCUT2D eigenvalue weighted by Crippen LogP contribution is -2.07. The molecule has 1 aromatic carbocycles. The molecule has 0 spiro atoms. The number of nitrogen functional groups attached to an aromatic ring is 1. The maximum Gasteiger partial charge on any atom is 0.340 e. The van der Waals surface area contributed by atoms with E-state index in [9.17, 15) is 4.79 Å². The predicted molar refractivity (Wildman–Crippen MR) is 64.2 cm³/mol. The average molecular weight is 284 g/mol. The topological polar surface area (TPSA) is 61.5 Å². The van der Waals surface area contributed by atoms with E-state index >= 15 is 0 Å². The van der Waals surface area contributed by atoms with Crippen LogP contribution in [0.3, 0.4) is 0 Å². The van der Waals surface area contributed by atoms with Gasteiger partial charge in [0.05, 0.1) is 17.1 Å². The number of carbonyl (C=O) groups is 1. The van der Waals surface area contributed by atoms with Crippen molar-refractivity contribution in [3.05, 3.63) is 22.2 Å². The van der Waals surface area contributed by atoms with Gasteiger partial charge in [-0.15, -0.1) is 6.42 Å². The lowest BCUT2D eigenvalue weighted by molar-refractivity contribution is 0.0601. The minimum absolute atomic E-state index is 0.114. The molecule has 0 aliphatic carbocycles. The molecule has 2 N–H and O–H groups in total. The average Bonchev–Trinajstić information content (AvgIpc) is 2.27. The summed E-state index contributed by atoms with van der Waals surface area (Å²) in [6.07, 6.45) is 5.07. The fourth-order valence-corrected chi connectivity index (χ4v) is 1.56. The van der Waals surface area contributed by atoms with Gasteiger partial charge in [0, 0.05) is 5.69 Å². The molecule has 16 heavy (non-hydrogen) atoms. The second kappa shape index (κ2) is 5.42. The molecule has 0 amide bonds. The van der Waals surface area contributed by atoms with Gasteiger partial charge in [-0.25, -0.2) is 4.79 Å². The summed E-state index contributed by atoms with van der Waals surface area (Å²) in [7, 11) is 1.28. The van der Waals surface area contributed by atoms with Crippen LogP contribution in [0.4, 0.5) is 5.69 Å². The number of hydrogen-bond donors (Lipinski definition) is 1. The first-order chi connectivity index (χ1) is 7.60. The Labute approximate surface area is 102 Å². The number of esters is 1. The van der Waals surface area contributed by atoms with Crippen molar-refractivity contribution in [2.24, 2.45) is 0 Å². The molecule has 0 saturated heterocycles. The Bertz CT molecular complexity index is 451. The summed E-state index contributed by atoms with van der Waals surface area (Å²) in [6.45, 7) is 0.114. The molecule has 0 aromatic heterocycles. The Morgan fingerprint density at radius 1 is 1.62 bits per heavy atom. The Hall–Kier alpha value is -1.67. The summed E-state index contributed by atoms with van der Waals surface area (Å²) in [5.74, 6) is 2.26. The van der Waals surface area contributed by atoms with Gasteiger partial charge in [-0.05, 0) is 28.1 Å². The largest absolute Gasteiger partial charge is 0.480 e. The molecule has 0 fully saturated rings. The summed E-state index contributed by atoms with van der Waals surface area (Å²) >= 11 is 3.26. The van der Waals surface area contributed by atoms with Crippen LogP contribution >= 0.6 is 15.9 Å². The minimum atomic E-state index is -0.518. The smallest absolute Gasteiger partial charge is 0.340 e. The summed E-state index contributed by atoms with van der Waals surface area (Å²) < 4.78 is 10.4. The highest BCUT2D eigenvalue weighted by atomic mass is 79.9. The monoisotopic (exact) mass is 283 g/mol. The molecule has 1 aromatic rings. The zero-order valence-corrected chi connectivity index (χ0v) is 10.2. The molecule has 0 aliphatic heterocycles. The van der Waals surface area contributed by atoms with E-state index < -0.39 is 5.97 Å². The van der Waals surface area contributed by atoms with Gasteiger partial charge in [0.2, 0.25) is 0 Å². The van der Waals surface area contributed by atoms with Crippen molar-refractivity contribution >= 4 is 27.6 Å². The number of carbonyl (C=O) groups excluding carboxylic acids is 1. The van der Waals surface area contributed by atoms with Gasteiger partial charge in [0.15, 0.2) is 0 Å². The summed E-state index contributed by atoms with van der Waals surface area (Å²) in [5, 5.41) is 0. The molecule has 0 aliphatic rings. The molecule has 0 atom stereocenters. The number of anilines is 1. The highest BCUT2D eigenvalue weighted by molar-refractivity contribution is 9.10. The number of ether oxygens (including phenoxy) is 2. The first-order valence-electron chi connectivity index (χ1n) is 4.33. The number of benzene rings is 1. The first kappa shape index (κ1) is 12.4. The zero-order chi connectivity index (χ0) is 12.1. The van der Waals surface area contributed by atoms with Crippen LogP contribution in [0.1, 0.15) is 10.4 Å². The van der Waals surface area contributed by atoms with Crippen molar-refractivity contribution in [2.75, 3.05) is 19.5 Å². The fourth-order valence-electron chi connectivity index (χ4n) is 1.09. The predicted octanol–water partition coefficient (Wildman–Crippen LogP) is 1.83. The molecular weight excluding hydrogens is 274 g/mol.